The molecule has 0 amide bonds. The van der Waals surface area contributed by atoms with Crippen molar-refractivity contribution >= 4 is 16.1 Å². The van der Waals surface area contributed by atoms with E-state index >= 15 is 0 Å². The van der Waals surface area contributed by atoms with Gasteiger partial charge >= 0.3 is 5.97 Å². The van der Waals surface area contributed by atoms with Gasteiger partial charge in [0.25, 0.3) is 10.1 Å². The highest BCUT2D eigenvalue weighted by Gasteiger charge is 2.04. The first-order valence-electron chi connectivity index (χ1n) is 5.94. The maximum atomic E-state index is 11.3. The highest BCUT2D eigenvalue weighted by atomic mass is 32.2. The Kier molecular flexibility index (Phi) is 6.22. The van der Waals surface area contributed by atoms with Crippen LogP contribution in [0.25, 0.3) is 0 Å². The molecular formula is C14H16O5S. The topological polar surface area (TPSA) is 69.7 Å². The van der Waals surface area contributed by atoms with Gasteiger partial charge in [0.1, 0.15) is 0 Å². The van der Waals surface area contributed by atoms with Crippen LogP contribution in [0.1, 0.15) is 28.8 Å². The molecule has 0 aromatic heterocycles. The van der Waals surface area contributed by atoms with E-state index in [4.69, 9.17) is 0 Å². The Morgan fingerprint density at radius 2 is 2.10 bits per heavy atom. The smallest absolute Gasteiger partial charge is 0.337 e. The van der Waals surface area contributed by atoms with E-state index in [1.807, 2.05) is 0 Å². The number of esters is 1. The van der Waals surface area contributed by atoms with Crippen molar-refractivity contribution < 1.29 is 22.1 Å². The molecule has 0 aliphatic rings. The van der Waals surface area contributed by atoms with Gasteiger partial charge in [0.15, 0.2) is 0 Å². The van der Waals surface area contributed by atoms with Crippen LogP contribution in [0.2, 0.25) is 0 Å². The lowest BCUT2D eigenvalue weighted by Crippen LogP contribution is -2.03. The minimum atomic E-state index is -3.38. The van der Waals surface area contributed by atoms with Gasteiger partial charge in [-0.2, -0.15) is 8.42 Å². The van der Waals surface area contributed by atoms with Gasteiger partial charge in [-0.25, -0.2) is 4.79 Å². The molecule has 1 rings (SSSR count). The average Bonchev–Trinajstić information content (AvgIpc) is 2.41. The van der Waals surface area contributed by atoms with E-state index in [1.165, 1.54) is 7.11 Å². The lowest BCUT2D eigenvalue weighted by atomic mass is 10.1. The number of hydrogen-bond donors (Lipinski definition) is 0. The zero-order valence-corrected chi connectivity index (χ0v) is 12.2. The van der Waals surface area contributed by atoms with Crippen molar-refractivity contribution in [1.29, 1.82) is 0 Å². The number of unbranched alkanes of at least 4 members (excludes halogenated alkanes) is 1. The summed E-state index contributed by atoms with van der Waals surface area (Å²) < 4.78 is 30.6. The predicted octanol–water partition coefficient (Wildman–Crippen LogP) is 1.58. The molecule has 0 heterocycles. The highest BCUT2D eigenvalue weighted by Crippen LogP contribution is 2.05. The second-order valence-electron chi connectivity index (χ2n) is 4.00. The van der Waals surface area contributed by atoms with Gasteiger partial charge in [0.2, 0.25) is 0 Å². The fraction of sp³-hybridized carbons (Fsp3) is 0.357. The third-order valence-electron chi connectivity index (χ3n) is 2.26. The van der Waals surface area contributed by atoms with Crippen LogP contribution in [-0.2, 0) is 19.0 Å². The van der Waals surface area contributed by atoms with Crippen molar-refractivity contribution in [1.82, 2.24) is 0 Å². The summed E-state index contributed by atoms with van der Waals surface area (Å²) >= 11 is 0. The van der Waals surface area contributed by atoms with Crippen LogP contribution < -0.4 is 0 Å². The Labute approximate surface area is 119 Å². The molecular weight excluding hydrogens is 280 g/mol. The Hall–Kier alpha value is -1.84. The fourth-order valence-corrected chi connectivity index (χ4v) is 1.80. The zero-order valence-electron chi connectivity index (χ0n) is 11.4. The number of methoxy groups -OCH3 is 1. The summed E-state index contributed by atoms with van der Waals surface area (Å²) in [6, 6.07) is 6.80. The summed E-state index contributed by atoms with van der Waals surface area (Å²) in [6.45, 7) is 0.121. The molecule has 0 spiro atoms. The maximum Gasteiger partial charge on any atom is 0.337 e. The van der Waals surface area contributed by atoms with E-state index in [-0.39, 0.29) is 6.61 Å². The lowest BCUT2D eigenvalue weighted by Gasteiger charge is -1.99. The molecule has 1 aromatic carbocycles. The van der Waals surface area contributed by atoms with Gasteiger partial charge in [0, 0.05) is 12.0 Å². The number of hydrogen-bond acceptors (Lipinski definition) is 5. The molecule has 0 bridgehead atoms. The van der Waals surface area contributed by atoms with Crippen LogP contribution in [0.3, 0.4) is 0 Å². The quantitative estimate of drug-likeness (QED) is 0.357. The van der Waals surface area contributed by atoms with E-state index in [0.29, 0.717) is 24.0 Å². The van der Waals surface area contributed by atoms with E-state index in [0.717, 1.165) is 6.26 Å². The largest absolute Gasteiger partial charge is 0.465 e. The Bertz CT molecular complexity index is 622. The van der Waals surface area contributed by atoms with E-state index in [1.54, 1.807) is 24.3 Å². The Morgan fingerprint density at radius 1 is 1.35 bits per heavy atom. The SMILES string of the molecule is COC(=O)c1cccc(C#CCCCOS(C)(=O)=O)c1. The molecule has 0 radical (unpaired) electrons. The molecule has 20 heavy (non-hydrogen) atoms. The third kappa shape index (κ3) is 6.36. The minimum absolute atomic E-state index is 0.121. The number of carbonyl (C=O) groups is 1. The molecule has 108 valence electrons. The first kappa shape index (κ1) is 16.2. The van der Waals surface area contributed by atoms with Crippen molar-refractivity contribution in [2.24, 2.45) is 0 Å². The first-order chi connectivity index (χ1) is 9.42. The molecule has 0 aliphatic carbocycles. The fourth-order valence-electron chi connectivity index (χ4n) is 1.38. The van der Waals surface area contributed by atoms with Crippen LogP contribution >= 0.6 is 0 Å². The van der Waals surface area contributed by atoms with Crippen LogP contribution in [0, 0.1) is 11.8 Å². The predicted molar refractivity (Wildman–Crippen MR) is 74.7 cm³/mol. The van der Waals surface area contributed by atoms with Crippen molar-refractivity contribution in [3.05, 3.63) is 35.4 Å². The second kappa shape index (κ2) is 7.68. The molecule has 0 unspecified atom stereocenters. The molecule has 0 fully saturated rings. The summed E-state index contributed by atoms with van der Waals surface area (Å²) in [5, 5.41) is 0. The third-order valence-corrected chi connectivity index (χ3v) is 2.85. The van der Waals surface area contributed by atoms with Crippen LogP contribution in [0.5, 0.6) is 0 Å². The monoisotopic (exact) mass is 296 g/mol. The lowest BCUT2D eigenvalue weighted by molar-refractivity contribution is 0.0600. The van der Waals surface area contributed by atoms with Gasteiger partial charge < -0.3 is 4.74 Å². The summed E-state index contributed by atoms with van der Waals surface area (Å²) in [7, 11) is -2.06. The molecule has 0 saturated heterocycles. The molecule has 0 N–H and O–H groups in total. The molecule has 1 aromatic rings. The maximum absolute atomic E-state index is 11.3. The number of carbonyl (C=O) groups excluding carboxylic acids is 1. The van der Waals surface area contributed by atoms with Crippen molar-refractivity contribution in [3.63, 3.8) is 0 Å². The summed E-state index contributed by atoms with van der Waals surface area (Å²) in [4.78, 5) is 11.3. The van der Waals surface area contributed by atoms with Crippen LogP contribution in [0.15, 0.2) is 24.3 Å². The number of ether oxygens (including phenoxy) is 1. The van der Waals surface area contributed by atoms with Gasteiger partial charge in [-0.1, -0.05) is 17.9 Å². The zero-order chi connectivity index (χ0) is 15.0. The molecule has 0 saturated carbocycles. The molecule has 6 heteroatoms. The standard InChI is InChI=1S/C14H16O5S/c1-18-14(15)13-9-6-8-12(11-13)7-4-3-5-10-19-20(2,16)17/h6,8-9,11H,3,5,10H2,1-2H3. The minimum Gasteiger partial charge on any atom is -0.465 e. The Balaban J connectivity index is 2.49. The van der Waals surface area contributed by atoms with Crippen LogP contribution in [-0.4, -0.2) is 34.4 Å². The summed E-state index contributed by atoms with van der Waals surface area (Å²) in [6.07, 6.45) is 2.05. The van der Waals surface area contributed by atoms with Gasteiger partial charge in [-0.3, -0.25) is 4.18 Å². The molecule has 0 aliphatic heterocycles. The summed E-state index contributed by atoms with van der Waals surface area (Å²) in [5.41, 5.74) is 1.15. The van der Waals surface area contributed by atoms with Gasteiger partial charge in [-0.05, 0) is 24.6 Å². The first-order valence-corrected chi connectivity index (χ1v) is 7.75. The summed E-state index contributed by atoms with van der Waals surface area (Å²) in [5.74, 6) is 5.39. The van der Waals surface area contributed by atoms with E-state index in [2.05, 4.69) is 20.8 Å². The Morgan fingerprint density at radius 3 is 2.75 bits per heavy atom. The number of benzene rings is 1. The van der Waals surface area contributed by atoms with E-state index < -0.39 is 16.1 Å². The van der Waals surface area contributed by atoms with Gasteiger partial charge in [-0.15, -0.1) is 0 Å². The highest BCUT2D eigenvalue weighted by molar-refractivity contribution is 7.85. The molecule has 0 atom stereocenters. The number of rotatable bonds is 5. The van der Waals surface area contributed by atoms with Crippen molar-refractivity contribution in [2.45, 2.75) is 12.8 Å². The van der Waals surface area contributed by atoms with Gasteiger partial charge in [0.05, 0.1) is 25.5 Å². The van der Waals surface area contributed by atoms with Crippen molar-refractivity contribution in [3.8, 4) is 11.8 Å². The van der Waals surface area contributed by atoms with Crippen LogP contribution in [0.4, 0.5) is 0 Å². The average molecular weight is 296 g/mol. The van der Waals surface area contributed by atoms with Crippen molar-refractivity contribution in [2.75, 3.05) is 20.0 Å². The molecule has 5 nitrogen and oxygen atoms in total. The van der Waals surface area contributed by atoms with E-state index in [9.17, 15) is 13.2 Å². The second-order valence-corrected chi connectivity index (χ2v) is 5.65. The normalized spacial score (nSPS) is 10.5.